The van der Waals surface area contributed by atoms with Crippen LogP contribution >= 0.6 is 0 Å². The maximum absolute atomic E-state index is 13.5. The van der Waals surface area contributed by atoms with Gasteiger partial charge in [0.25, 0.3) is 0 Å². The number of esters is 1. The molecule has 1 unspecified atom stereocenters. The third-order valence-electron chi connectivity index (χ3n) is 9.13. The van der Waals surface area contributed by atoms with E-state index in [0.29, 0.717) is 25.6 Å². The molecule has 0 radical (unpaired) electrons. The van der Waals surface area contributed by atoms with E-state index in [4.69, 9.17) is 4.74 Å². The molecule has 43 heavy (non-hydrogen) atoms. The number of likely N-dealkylation sites (tertiary alicyclic amines) is 1. The summed E-state index contributed by atoms with van der Waals surface area (Å²) in [4.78, 5) is 30.4. The molecule has 0 bridgehead atoms. The summed E-state index contributed by atoms with van der Waals surface area (Å²) in [7, 11) is 0. The maximum atomic E-state index is 13.5. The van der Waals surface area contributed by atoms with Gasteiger partial charge in [0, 0.05) is 32.1 Å². The van der Waals surface area contributed by atoms with Crippen LogP contribution in [0.2, 0.25) is 0 Å². The third kappa shape index (κ3) is 6.84. The number of ether oxygens (including phenoxy) is 1. The summed E-state index contributed by atoms with van der Waals surface area (Å²) in [5.74, 6) is 0.258. The Morgan fingerprint density at radius 1 is 1.12 bits per heavy atom. The summed E-state index contributed by atoms with van der Waals surface area (Å²) >= 11 is 0. The van der Waals surface area contributed by atoms with Crippen molar-refractivity contribution in [2.45, 2.75) is 78.3 Å². The number of hydrogen-bond acceptors (Lipinski definition) is 5. The SMILES string of the molecule is C=CCCC1CCN(C(=O)N2CCc3ccc(C(CC(=O)OCC)c4ccc5c(nnn5C/C=C/C)c4C)cc3C2)CC1. The van der Waals surface area contributed by atoms with Crippen LogP contribution in [0.25, 0.3) is 11.0 Å². The Kier molecular flexibility index (Phi) is 9.95. The van der Waals surface area contributed by atoms with Gasteiger partial charge in [-0.1, -0.05) is 47.7 Å². The quantitative estimate of drug-likeness (QED) is 0.200. The number of fused-ring (bicyclic) bond motifs is 2. The first-order chi connectivity index (χ1) is 20.9. The van der Waals surface area contributed by atoms with Crippen LogP contribution in [0.15, 0.2) is 55.1 Å². The van der Waals surface area contributed by atoms with E-state index in [9.17, 15) is 9.59 Å². The summed E-state index contributed by atoms with van der Waals surface area (Å²) in [5.41, 5.74) is 7.35. The number of aromatic nitrogens is 3. The van der Waals surface area contributed by atoms with E-state index in [1.165, 1.54) is 12.0 Å². The Morgan fingerprint density at radius 2 is 1.93 bits per heavy atom. The summed E-state index contributed by atoms with van der Waals surface area (Å²) in [5, 5.41) is 8.87. The number of benzene rings is 2. The number of carbonyl (C=O) groups is 2. The van der Waals surface area contributed by atoms with Crippen molar-refractivity contribution >= 4 is 23.0 Å². The Balaban J connectivity index is 1.39. The van der Waals surface area contributed by atoms with Crippen LogP contribution in [-0.2, 0) is 29.0 Å². The lowest BCUT2D eigenvalue weighted by atomic mass is 9.83. The minimum Gasteiger partial charge on any atom is -0.466 e. The lowest BCUT2D eigenvalue weighted by molar-refractivity contribution is -0.143. The van der Waals surface area contributed by atoms with Gasteiger partial charge in [-0.05, 0) is 92.7 Å². The summed E-state index contributed by atoms with van der Waals surface area (Å²) in [6.07, 6.45) is 11.5. The van der Waals surface area contributed by atoms with Crippen LogP contribution in [0, 0.1) is 12.8 Å². The predicted octanol–water partition coefficient (Wildman–Crippen LogP) is 6.56. The molecule has 1 saturated heterocycles. The second-order valence-electron chi connectivity index (χ2n) is 11.8. The molecular formula is C35H45N5O3. The topological polar surface area (TPSA) is 80.6 Å². The molecule has 228 valence electrons. The zero-order valence-corrected chi connectivity index (χ0v) is 25.9. The molecule has 3 heterocycles. The number of carbonyl (C=O) groups excluding carboxylic acids is 2. The number of amides is 2. The minimum absolute atomic E-state index is 0.142. The zero-order valence-electron chi connectivity index (χ0n) is 25.9. The highest BCUT2D eigenvalue weighted by molar-refractivity contribution is 5.81. The lowest BCUT2D eigenvalue weighted by Gasteiger charge is -2.38. The Bertz CT molecular complexity index is 1480. The number of rotatable bonds is 10. The van der Waals surface area contributed by atoms with E-state index in [2.05, 4.69) is 60.2 Å². The van der Waals surface area contributed by atoms with Crippen molar-refractivity contribution in [3.8, 4) is 0 Å². The fourth-order valence-corrected chi connectivity index (χ4v) is 6.62. The van der Waals surface area contributed by atoms with Crippen molar-refractivity contribution in [1.82, 2.24) is 24.8 Å². The Hall–Kier alpha value is -3.94. The van der Waals surface area contributed by atoms with Gasteiger partial charge in [0.15, 0.2) is 0 Å². The molecule has 8 nitrogen and oxygen atoms in total. The van der Waals surface area contributed by atoms with Crippen molar-refractivity contribution in [3.63, 3.8) is 0 Å². The van der Waals surface area contributed by atoms with Gasteiger partial charge in [-0.15, -0.1) is 11.7 Å². The van der Waals surface area contributed by atoms with Gasteiger partial charge >= 0.3 is 12.0 Å². The normalized spacial score (nSPS) is 16.4. The molecule has 1 atom stereocenters. The molecule has 2 aliphatic heterocycles. The Labute approximate surface area is 255 Å². The summed E-state index contributed by atoms with van der Waals surface area (Å²) in [6.45, 7) is 13.7. The average molecular weight is 584 g/mol. The second kappa shape index (κ2) is 14.0. The first-order valence-corrected chi connectivity index (χ1v) is 15.8. The Morgan fingerprint density at radius 3 is 2.67 bits per heavy atom. The van der Waals surface area contributed by atoms with Crippen molar-refractivity contribution in [2.24, 2.45) is 5.92 Å². The van der Waals surface area contributed by atoms with Crippen molar-refractivity contribution in [2.75, 3.05) is 26.2 Å². The first-order valence-electron chi connectivity index (χ1n) is 15.8. The lowest BCUT2D eigenvalue weighted by Crippen LogP contribution is -2.48. The number of nitrogens with zero attached hydrogens (tertiary/aromatic N) is 5. The second-order valence-corrected chi connectivity index (χ2v) is 11.8. The van der Waals surface area contributed by atoms with Crippen molar-refractivity contribution < 1.29 is 14.3 Å². The molecule has 5 rings (SSSR count). The molecular weight excluding hydrogens is 538 g/mol. The monoisotopic (exact) mass is 583 g/mol. The van der Waals surface area contributed by atoms with Crippen LogP contribution < -0.4 is 0 Å². The van der Waals surface area contributed by atoms with E-state index in [0.717, 1.165) is 78.6 Å². The van der Waals surface area contributed by atoms with Crippen LogP contribution in [0.3, 0.4) is 0 Å². The van der Waals surface area contributed by atoms with E-state index in [1.807, 2.05) is 40.5 Å². The summed E-state index contributed by atoms with van der Waals surface area (Å²) < 4.78 is 7.30. The molecule has 0 aliphatic carbocycles. The number of hydrogen-bond donors (Lipinski definition) is 0. The van der Waals surface area contributed by atoms with E-state index in [-0.39, 0.29) is 24.3 Å². The smallest absolute Gasteiger partial charge is 0.320 e. The minimum atomic E-state index is -0.227. The molecule has 8 heteroatoms. The fraction of sp³-hybridized carbons (Fsp3) is 0.486. The highest BCUT2D eigenvalue weighted by Gasteiger charge is 2.30. The van der Waals surface area contributed by atoms with E-state index < -0.39 is 0 Å². The predicted molar refractivity (Wildman–Crippen MR) is 170 cm³/mol. The molecule has 0 spiro atoms. The zero-order chi connectivity index (χ0) is 30.3. The van der Waals surface area contributed by atoms with Gasteiger partial charge in [-0.3, -0.25) is 4.79 Å². The van der Waals surface area contributed by atoms with Gasteiger partial charge in [0.2, 0.25) is 0 Å². The molecule has 3 aromatic rings. The van der Waals surface area contributed by atoms with Crippen molar-refractivity contribution in [1.29, 1.82) is 0 Å². The number of allylic oxidation sites excluding steroid dienone is 3. The largest absolute Gasteiger partial charge is 0.466 e. The fourth-order valence-electron chi connectivity index (χ4n) is 6.62. The van der Waals surface area contributed by atoms with Crippen molar-refractivity contribution in [3.05, 3.63) is 83.0 Å². The van der Waals surface area contributed by atoms with Gasteiger partial charge in [-0.2, -0.15) is 0 Å². The molecule has 0 N–H and O–H groups in total. The molecule has 0 saturated carbocycles. The number of aryl methyl sites for hydroxylation is 1. The van der Waals surface area contributed by atoms with Gasteiger partial charge in [0.1, 0.15) is 5.52 Å². The number of piperidine rings is 1. The average Bonchev–Trinajstić information content (AvgIpc) is 3.45. The maximum Gasteiger partial charge on any atom is 0.320 e. The highest BCUT2D eigenvalue weighted by atomic mass is 16.5. The molecule has 1 aromatic heterocycles. The first kappa shape index (κ1) is 30.5. The van der Waals surface area contributed by atoms with E-state index in [1.54, 1.807) is 0 Å². The molecule has 2 amide bonds. The van der Waals surface area contributed by atoms with Gasteiger partial charge < -0.3 is 14.5 Å². The van der Waals surface area contributed by atoms with Crippen LogP contribution in [0.1, 0.15) is 79.7 Å². The van der Waals surface area contributed by atoms with Gasteiger partial charge in [-0.25, -0.2) is 9.48 Å². The standard InChI is InChI=1S/C35H45N5O3/c1-5-8-10-26-15-19-38(20-16-26)35(42)39-21-17-27-11-12-28(22-29(27)24-39)31(23-33(41)43-7-3)30-13-14-32-34(25(30)4)36-37-40(32)18-9-6-2/h5-6,9,11-14,22,26,31H,1,7-8,10,15-21,23-24H2,2-4H3/b9-6+. The molecule has 2 aliphatic rings. The number of urea groups is 1. The van der Waals surface area contributed by atoms with Crippen LogP contribution in [-0.4, -0.2) is 63.0 Å². The van der Waals surface area contributed by atoms with Crippen LogP contribution in [0.5, 0.6) is 0 Å². The summed E-state index contributed by atoms with van der Waals surface area (Å²) in [6, 6.07) is 10.8. The highest BCUT2D eigenvalue weighted by Crippen LogP contribution is 2.36. The molecule has 2 aromatic carbocycles. The molecule has 1 fully saturated rings. The van der Waals surface area contributed by atoms with Gasteiger partial charge in [0.05, 0.1) is 25.1 Å². The van der Waals surface area contributed by atoms with E-state index >= 15 is 0 Å². The van der Waals surface area contributed by atoms with Crippen LogP contribution in [0.4, 0.5) is 4.79 Å². The third-order valence-corrected chi connectivity index (χ3v) is 9.13.